The normalized spacial score (nSPS) is 16.0. The molecule has 0 N–H and O–H groups in total. The molecule has 1 nitrogen and oxygen atoms in total. The van der Waals surface area contributed by atoms with Gasteiger partial charge < -0.3 is 0 Å². The predicted molar refractivity (Wildman–Crippen MR) is 54.7 cm³/mol. The van der Waals surface area contributed by atoms with Crippen molar-refractivity contribution >= 4 is 6.29 Å². The number of rotatable bonds is 2. The summed E-state index contributed by atoms with van der Waals surface area (Å²) >= 11 is 0. The van der Waals surface area contributed by atoms with Crippen LogP contribution in [0.1, 0.15) is 26.3 Å². The zero-order chi connectivity index (χ0) is 10.8. The van der Waals surface area contributed by atoms with Crippen LogP contribution in [-0.4, -0.2) is 6.29 Å². The zero-order valence-corrected chi connectivity index (χ0v) is 8.75. The van der Waals surface area contributed by atoms with Gasteiger partial charge in [-0.15, -0.1) is 0 Å². The van der Waals surface area contributed by atoms with Gasteiger partial charge in [-0.25, -0.2) is 4.39 Å². The Labute approximate surface area is 83.9 Å². The van der Waals surface area contributed by atoms with Crippen LogP contribution in [0.2, 0.25) is 0 Å². The first-order valence-electron chi connectivity index (χ1n) is 4.62. The molecule has 0 aromatic heterocycles. The molecule has 0 aliphatic heterocycles. The van der Waals surface area contributed by atoms with Crippen molar-refractivity contribution < 1.29 is 9.18 Å². The third-order valence-electron chi connectivity index (χ3n) is 2.45. The van der Waals surface area contributed by atoms with Gasteiger partial charge in [0.05, 0.1) is 0 Å². The number of hydrogen-bond acceptors (Lipinski definition) is 1. The van der Waals surface area contributed by atoms with Gasteiger partial charge in [0.1, 0.15) is 0 Å². The van der Waals surface area contributed by atoms with E-state index in [4.69, 9.17) is 0 Å². The second-order valence-electron chi connectivity index (χ2n) is 4.45. The van der Waals surface area contributed by atoms with Crippen LogP contribution in [-0.2, 0) is 10.5 Å². The first kappa shape index (κ1) is 10.9. The van der Waals surface area contributed by atoms with Gasteiger partial charge in [0.15, 0.2) is 12.0 Å². The van der Waals surface area contributed by atoms with Crippen LogP contribution in [0.3, 0.4) is 0 Å². The fourth-order valence-electron chi connectivity index (χ4n) is 1.36. The van der Waals surface area contributed by atoms with Crippen LogP contribution >= 0.6 is 0 Å². The molecule has 1 rings (SSSR count). The maximum atomic E-state index is 14.4. The zero-order valence-electron chi connectivity index (χ0n) is 8.75. The van der Waals surface area contributed by atoms with E-state index in [-0.39, 0.29) is 0 Å². The summed E-state index contributed by atoms with van der Waals surface area (Å²) in [7, 11) is 0. The second kappa shape index (κ2) is 3.52. The molecule has 0 heterocycles. The SMILES string of the molecule is CC(C)(C)C(F)(C=O)c1ccccc1. The van der Waals surface area contributed by atoms with E-state index in [1.807, 2.05) is 0 Å². The number of alkyl halides is 1. The van der Waals surface area contributed by atoms with E-state index in [1.54, 1.807) is 51.1 Å². The molecule has 1 unspecified atom stereocenters. The van der Waals surface area contributed by atoms with Gasteiger partial charge in [-0.1, -0.05) is 51.1 Å². The highest BCUT2D eigenvalue weighted by Crippen LogP contribution is 2.41. The Kier molecular flexibility index (Phi) is 2.74. The Hall–Kier alpha value is -1.18. The monoisotopic (exact) mass is 194 g/mol. The largest absolute Gasteiger partial charge is 0.299 e. The summed E-state index contributed by atoms with van der Waals surface area (Å²) < 4.78 is 14.4. The number of carbonyl (C=O) groups excluding carboxylic acids is 1. The van der Waals surface area contributed by atoms with E-state index in [9.17, 15) is 9.18 Å². The van der Waals surface area contributed by atoms with E-state index < -0.39 is 11.1 Å². The molecule has 1 aromatic carbocycles. The maximum absolute atomic E-state index is 14.4. The highest BCUT2D eigenvalue weighted by Gasteiger charge is 2.43. The third kappa shape index (κ3) is 1.69. The second-order valence-corrected chi connectivity index (χ2v) is 4.45. The smallest absolute Gasteiger partial charge is 0.195 e. The van der Waals surface area contributed by atoms with Crippen molar-refractivity contribution in [1.29, 1.82) is 0 Å². The summed E-state index contributed by atoms with van der Waals surface area (Å²) in [5.74, 6) is 0. The average Bonchev–Trinajstić information content (AvgIpc) is 2.16. The molecule has 2 heteroatoms. The van der Waals surface area contributed by atoms with Gasteiger partial charge in [-0.2, -0.15) is 0 Å². The summed E-state index contributed by atoms with van der Waals surface area (Å²) in [6.45, 7) is 5.15. The lowest BCUT2D eigenvalue weighted by Crippen LogP contribution is -2.37. The molecule has 0 aliphatic rings. The summed E-state index contributed by atoms with van der Waals surface area (Å²) in [6, 6.07) is 8.55. The quantitative estimate of drug-likeness (QED) is 0.661. The number of benzene rings is 1. The lowest BCUT2D eigenvalue weighted by Gasteiger charge is -2.33. The molecule has 0 spiro atoms. The Morgan fingerprint density at radius 2 is 1.64 bits per heavy atom. The highest BCUT2D eigenvalue weighted by atomic mass is 19.1. The Morgan fingerprint density at radius 3 is 2.00 bits per heavy atom. The van der Waals surface area contributed by atoms with Crippen molar-refractivity contribution in [3.8, 4) is 0 Å². The lowest BCUT2D eigenvalue weighted by molar-refractivity contribution is -0.125. The fourth-order valence-corrected chi connectivity index (χ4v) is 1.36. The van der Waals surface area contributed by atoms with Gasteiger partial charge in [0.2, 0.25) is 0 Å². The Balaban J connectivity index is 3.22. The Bertz CT molecular complexity index is 313. The standard InChI is InChI=1S/C12H15FO/c1-11(2,3)12(13,9-14)10-7-5-4-6-8-10/h4-9H,1-3H3. The van der Waals surface area contributed by atoms with Crippen LogP contribution in [0.25, 0.3) is 0 Å². The molecule has 76 valence electrons. The molecule has 0 bridgehead atoms. The number of halogens is 1. The van der Waals surface area contributed by atoms with Crippen molar-refractivity contribution in [3.05, 3.63) is 35.9 Å². The summed E-state index contributed by atoms with van der Waals surface area (Å²) in [6.07, 6.45) is 0.391. The molecule has 0 amide bonds. The topological polar surface area (TPSA) is 17.1 Å². The van der Waals surface area contributed by atoms with E-state index in [1.165, 1.54) is 0 Å². The first-order valence-corrected chi connectivity index (χ1v) is 4.62. The van der Waals surface area contributed by atoms with Crippen LogP contribution in [0.4, 0.5) is 4.39 Å². The van der Waals surface area contributed by atoms with E-state index >= 15 is 0 Å². The minimum absolute atomic E-state index is 0.391. The molecule has 1 aromatic rings. The van der Waals surface area contributed by atoms with Gasteiger partial charge in [-0.3, -0.25) is 4.79 Å². The summed E-state index contributed by atoms with van der Waals surface area (Å²) in [5.41, 5.74) is -2.22. The number of carbonyl (C=O) groups is 1. The van der Waals surface area contributed by atoms with Crippen LogP contribution in [0.15, 0.2) is 30.3 Å². The highest BCUT2D eigenvalue weighted by molar-refractivity contribution is 5.67. The van der Waals surface area contributed by atoms with Crippen molar-refractivity contribution in [2.75, 3.05) is 0 Å². The lowest BCUT2D eigenvalue weighted by atomic mass is 9.75. The average molecular weight is 194 g/mol. The van der Waals surface area contributed by atoms with Crippen molar-refractivity contribution in [2.45, 2.75) is 26.4 Å². The van der Waals surface area contributed by atoms with E-state index in [2.05, 4.69) is 0 Å². The fraction of sp³-hybridized carbons (Fsp3) is 0.417. The van der Waals surface area contributed by atoms with Gasteiger partial charge in [0.25, 0.3) is 0 Å². The predicted octanol–water partition coefficient (Wildman–Crippen LogP) is 3.10. The first-order chi connectivity index (χ1) is 6.42. The van der Waals surface area contributed by atoms with E-state index in [0.29, 0.717) is 11.8 Å². The van der Waals surface area contributed by atoms with Crippen molar-refractivity contribution in [2.24, 2.45) is 5.41 Å². The van der Waals surface area contributed by atoms with Gasteiger partial charge >= 0.3 is 0 Å². The van der Waals surface area contributed by atoms with Crippen LogP contribution < -0.4 is 0 Å². The minimum Gasteiger partial charge on any atom is -0.299 e. The molecule has 0 saturated carbocycles. The third-order valence-corrected chi connectivity index (χ3v) is 2.45. The minimum atomic E-state index is -1.91. The summed E-state index contributed by atoms with van der Waals surface area (Å²) in [5, 5.41) is 0. The molecule has 0 aliphatic carbocycles. The number of aldehydes is 1. The van der Waals surface area contributed by atoms with E-state index in [0.717, 1.165) is 0 Å². The molecule has 0 radical (unpaired) electrons. The van der Waals surface area contributed by atoms with Gasteiger partial charge in [0, 0.05) is 5.41 Å². The van der Waals surface area contributed by atoms with Gasteiger partial charge in [-0.05, 0) is 5.56 Å². The molecule has 14 heavy (non-hydrogen) atoms. The molecular formula is C12H15FO. The molecular weight excluding hydrogens is 179 g/mol. The maximum Gasteiger partial charge on any atom is 0.195 e. The number of hydrogen-bond donors (Lipinski definition) is 0. The van der Waals surface area contributed by atoms with Crippen LogP contribution in [0.5, 0.6) is 0 Å². The molecule has 1 atom stereocenters. The van der Waals surface area contributed by atoms with Crippen molar-refractivity contribution in [3.63, 3.8) is 0 Å². The van der Waals surface area contributed by atoms with Crippen LogP contribution in [0, 0.1) is 5.41 Å². The molecule has 0 fully saturated rings. The Morgan fingerprint density at radius 1 is 1.14 bits per heavy atom. The summed E-state index contributed by atoms with van der Waals surface area (Å²) in [4.78, 5) is 10.9. The molecule has 0 saturated heterocycles. The van der Waals surface area contributed by atoms with Crippen molar-refractivity contribution in [1.82, 2.24) is 0 Å².